The molecule has 7 nitrogen and oxygen atoms in total. The van der Waals surface area contributed by atoms with E-state index in [1.807, 2.05) is 31.2 Å². The summed E-state index contributed by atoms with van der Waals surface area (Å²) in [6.45, 7) is 6.30. The highest BCUT2D eigenvalue weighted by molar-refractivity contribution is 5.86. The highest BCUT2D eigenvalue weighted by atomic mass is 16.5. The van der Waals surface area contributed by atoms with E-state index in [-0.39, 0.29) is 5.69 Å². The summed E-state index contributed by atoms with van der Waals surface area (Å²) in [5.41, 5.74) is 3.18. The molecule has 130 valence electrons. The van der Waals surface area contributed by atoms with Gasteiger partial charge < -0.3 is 14.6 Å². The number of aromatic nitrogens is 4. The van der Waals surface area contributed by atoms with Crippen LogP contribution in [0.3, 0.4) is 0 Å². The topological polar surface area (TPSA) is 92.4 Å². The zero-order valence-corrected chi connectivity index (χ0v) is 14.4. The van der Waals surface area contributed by atoms with Crippen LogP contribution in [0.5, 0.6) is 5.75 Å². The van der Waals surface area contributed by atoms with E-state index in [1.54, 1.807) is 6.92 Å². The summed E-state index contributed by atoms with van der Waals surface area (Å²) in [5.74, 6) is -0.553. The molecule has 0 aliphatic rings. The zero-order valence-electron chi connectivity index (χ0n) is 14.4. The Bertz CT molecular complexity index is 916. The summed E-state index contributed by atoms with van der Waals surface area (Å²) < 4.78 is 7.17. The van der Waals surface area contributed by atoms with Crippen LogP contribution in [0.25, 0.3) is 16.8 Å². The molecular weight excluding hydrogens is 320 g/mol. The van der Waals surface area contributed by atoms with Crippen LogP contribution < -0.4 is 9.84 Å². The van der Waals surface area contributed by atoms with Crippen molar-refractivity contribution in [1.82, 2.24) is 19.8 Å². The van der Waals surface area contributed by atoms with E-state index in [0.717, 1.165) is 35.4 Å². The molecule has 0 spiro atoms. The average molecular weight is 339 g/mol. The van der Waals surface area contributed by atoms with E-state index in [1.165, 1.54) is 4.52 Å². The van der Waals surface area contributed by atoms with Gasteiger partial charge in [0.05, 0.1) is 29.5 Å². The minimum Gasteiger partial charge on any atom is -0.543 e. The molecule has 0 amide bonds. The summed E-state index contributed by atoms with van der Waals surface area (Å²) in [6, 6.07) is 7.69. The van der Waals surface area contributed by atoms with E-state index in [4.69, 9.17) is 4.74 Å². The fourth-order valence-electron chi connectivity index (χ4n) is 2.69. The molecule has 1 aromatic carbocycles. The van der Waals surface area contributed by atoms with Gasteiger partial charge in [-0.1, -0.05) is 25.5 Å². The van der Waals surface area contributed by atoms with Crippen LogP contribution >= 0.6 is 0 Å². The van der Waals surface area contributed by atoms with E-state index >= 15 is 0 Å². The first-order valence-corrected chi connectivity index (χ1v) is 8.20. The molecule has 0 radical (unpaired) electrons. The van der Waals surface area contributed by atoms with E-state index in [2.05, 4.69) is 22.2 Å². The van der Waals surface area contributed by atoms with Gasteiger partial charge in [0, 0.05) is 0 Å². The number of unbranched alkanes of at least 4 members (excludes halogenated alkanes) is 1. The van der Waals surface area contributed by atoms with Gasteiger partial charge in [0.25, 0.3) is 0 Å². The fourth-order valence-corrected chi connectivity index (χ4v) is 2.69. The number of carbonyl (C=O) groups is 1. The minimum absolute atomic E-state index is 0.207. The number of carboxylic acids is 1. The lowest BCUT2D eigenvalue weighted by molar-refractivity contribution is -0.255. The second kappa shape index (κ2) is 6.88. The predicted octanol–water partition coefficient (Wildman–Crippen LogP) is 1.95. The van der Waals surface area contributed by atoms with Gasteiger partial charge in [0.2, 0.25) is 0 Å². The molecule has 0 fully saturated rings. The minimum atomic E-state index is -1.37. The van der Waals surface area contributed by atoms with Crippen LogP contribution in [0.15, 0.2) is 24.3 Å². The molecule has 0 N–H and O–H groups in total. The van der Waals surface area contributed by atoms with E-state index in [0.29, 0.717) is 17.9 Å². The molecule has 0 unspecified atom stereocenters. The normalized spacial score (nSPS) is 11.0. The van der Waals surface area contributed by atoms with E-state index < -0.39 is 5.97 Å². The van der Waals surface area contributed by atoms with Gasteiger partial charge in [0.1, 0.15) is 11.4 Å². The number of nitrogens with zero attached hydrogens (tertiary/aromatic N) is 4. The number of fused-ring (bicyclic) bond motifs is 1. The number of hydrogen-bond donors (Lipinski definition) is 0. The van der Waals surface area contributed by atoms with Crippen LogP contribution in [0, 0.1) is 13.8 Å². The number of rotatable bonds is 6. The first kappa shape index (κ1) is 16.9. The molecule has 0 saturated carbocycles. The first-order valence-electron chi connectivity index (χ1n) is 8.20. The van der Waals surface area contributed by atoms with Crippen molar-refractivity contribution >= 4 is 11.6 Å². The molecule has 2 heterocycles. The van der Waals surface area contributed by atoms with Crippen LogP contribution in [0.1, 0.15) is 41.6 Å². The predicted molar refractivity (Wildman–Crippen MR) is 90.4 cm³/mol. The van der Waals surface area contributed by atoms with Crippen LogP contribution in [0.4, 0.5) is 0 Å². The lowest BCUT2D eigenvalue weighted by atomic mass is 10.1. The fraction of sp³-hybridized carbons (Fsp3) is 0.333. The van der Waals surface area contributed by atoms with Gasteiger partial charge in [-0.3, -0.25) is 0 Å². The number of carbonyl (C=O) groups excluding carboxylic acids is 1. The standard InChI is InChI=1S/C18H20N4O3/c1-4-5-10-25-14-8-6-13(7-9-14)15-11(2)21-22-12(3)16(18(23)24)19-20-17(15)22/h6-9H,4-5,10H2,1-3H3,(H,23,24)/p-1. The molecular formula is C18H19N4O3-. The van der Waals surface area contributed by atoms with Gasteiger partial charge in [-0.2, -0.15) is 5.10 Å². The second-order valence-corrected chi connectivity index (χ2v) is 5.84. The summed E-state index contributed by atoms with van der Waals surface area (Å²) in [5, 5.41) is 23.3. The molecule has 0 aliphatic carbocycles. The van der Waals surface area contributed by atoms with Crippen LogP contribution in [0.2, 0.25) is 0 Å². The Morgan fingerprint density at radius 1 is 1.20 bits per heavy atom. The number of benzene rings is 1. The highest BCUT2D eigenvalue weighted by Crippen LogP contribution is 2.29. The molecule has 25 heavy (non-hydrogen) atoms. The Morgan fingerprint density at radius 2 is 1.92 bits per heavy atom. The SMILES string of the molecule is CCCCOc1ccc(-c2c(C)nn3c(C)c(C(=O)[O-])nnc23)cc1. The third-order valence-corrected chi connectivity index (χ3v) is 4.04. The number of aryl methyl sites for hydroxylation is 2. The van der Waals surface area contributed by atoms with Gasteiger partial charge in [-0.25, -0.2) is 4.52 Å². The molecule has 7 heteroatoms. The average Bonchev–Trinajstić information content (AvgIpc) is 2.93. The smallest absolute Gasteiger partial charge is 0.185 e. The van der Waals surface area contributed by atoms with Gasteiger partial charge in [-0.15, -0.1) is 10.2 Å². The van der Waals surface area contributed by atoms with Crippen molar-refractivity contribution in [2.24, 2.45) is 0 Å². The Balaban J connectivity index is 2.00. The van der Waals surface area contributed by atoms with Gasteiger partial charge in [-0.05, 0) is 38.0 Å². The third kappa shape index (κ3) is 3.17. The number of carboxylic acid groups (broad SMARTS) is 1. The van der Waals surface area contributed by atoms with Crippen LogP contribution in [-0.4, -0.2) is 32.4 Å². The Morgan fingerprint density at radius 3 is 2.56 bits per heavy atom. The first-order chi connectivity index (χ1) is 12.0. The monoisotopic (exact) mass is 339 g/mol. The summed E-state index contributed by atoms with van der Waals surface area (Å²) in [7, 11) is 0. The molecule has 3 aromatic rings. The quantitative estimate of drug-likeness (QED) is 0.637. The lowest BCUT2D eigenvalue weighted by Gasteiger charge is -2.07. The van der Waals surface area contributed by atoms with Crippen LogP contribution in [-0.2, 0) is 0 Å². The second-order valence-electron chi connectivity index (χ2n) is 5.84. The lowest BCUT2D eigenvalue weighted by Crippen LogP contribution is -2.26. The van der Waals surface area contributed by atoms with Crippen molar-refractivity contribution in [3.05, 3.63) is 41.3 Å². The molecule has 2 aromatic heterocycles. The van der Waals surface area contributed by atoms with Crippen molar-refractivity contribution < 1.29 is 14.6 Å². The third-order valence-electron chi connectivity index (χ3n) is 4.04. The Labute approximate surface area is 145 Å². The number of hydrogen-bond acceptors (Lipinski definition) is 6. The van der Waals surface area contributed by atoms with Crippen molar-refractivity contribution in [2.75, 3.05) is 6.61 Å². The van der Waals surface area contributed by atoms with Gasteiger partial charge >= 0.3 is 0 Å². The highest BCUT2D eigenvalue weighted by Gasteiger charge is 2.17. The summed E-state index contributed by atoms with van der Waals surface area (Å²) in [4.78, 5) is 11.1. The largest absolute Gasteiger partial charge is 0.543 e. The maximum atomic E-state index is 11.1. The van der Waals surface area contributed by atoms with Crippen molar-refractivity contribution in [3.63, 3.8) is 0 Å². The van der Waals surface area contributed by atoms with E-state index in [9.17, 15) is 9.90 Å². The van der Waals surface area contributed by atoms with Gasteiger partial charge in [0.15, 0.2) is 5.65 Å². The molecule has 0 aliphatic heterocycles. The maximum Gasteiger partial charge on any atom is 0.185 e. The molecule has 0 atom stereocenters. The maximum absolute atomic E-state index is 11.1. The Hall–Kier alpha value is -2.96. The summed E-state index contributed by atoms with van der Waals surface area (Å²) in [6.07, 6.45) is 2.11. The Kier molecular flexibility index (Phi) is 4.65. The number of aromatic carboxylic acids is 1. The molecule has 0 saturated heterocycles. The molecule has 0 bridgehead atoms. The summed E-state index contributed by atoms with van der Waals surface area (Å²) >= 11 is 0. The van der Waals surface area contributed by atoms with Crippen molar-refractivity contribution in [1.29, 1.82) is 0 Å². The van der Waals surface area contributed by atoms with Crippen molar-refractivity contribution in [3.8, 4) is 16.9 Å². The zero-order chi connectivity index (χ0) is 18.0. The van der Waals surface area contributed by atoms with Crippen molar-refractivity contribution in [2.45, 2.75) is 33.6 Å². The molecule has 3 rings (SSSR count). The number of ether oxygens (including phenoxy) is 1.